The van der Waals surface area contributed by atoms with Gasteiger partial charge in [0, 0.05) is 61.7 Å². The van der Waals surface area contributed by atoms with Crippen LogP contribution in [0.1, 0.15) is 25.1 Å². The lowest BCUT2D eigenvalue weighted by Crippen LogP contribution is -3.00. The Morgan fingerprint density at radius 1 is 1.03 bits per heavy atom. The molecule has 3 aromatic rings. The summed E-state index contributed by atoms with van der Waals surface area (Å²) >= 11 is 0. The molecule has 6 heteroatoms. The molecule has 5 nitrogen and oxygen atoms in total. The molecule has 1 aliphatic rings. The molecule has 0 spiro atoms. The lowest BCUT2D eigenvalue weighted by atomic mass is 10.1. The number of ether oxygens (including phenoxy) is 2. The summed E-state index contributed by atoms with van der Waals surface area (Å²) in [5.74, 6) is 0.891. The molecular formula is C27H34IN3O2. The topological polar surface area (TPSA) is 28.8 Å². The molecule has 2 aromatic carbocycles. The molecule has 0 aliphatic carbocycles. The standard InChI is InChI=1S/C27H34N3O2.HI/c1-5-29(6-2)23-14-12-21(27(20-23)31-4)11-13-22-19-26(30-15-17-32-18-16-30)24-9-7-8-10-25(24)28(22)3;/h7-14,19-20H,5-6,15-18H2,1-4H3;1H/q+1;/p-1. The molecule has 0 N–H and O–H groups in total. The van der Waals surface area contributed by atoms with E-state index in [4.69, 9.17) is 9.47 Å². The summed E-state index contributed by atoms with van der Waals surface area (Å²) in [5.41, 5.74) is 5.91. The van der Waals surface area contributed by atoms with Crippen molar-refractivity contribution in [2.24, 2.45) is 7.05 Å². The van der Waals surface area contributed by atoms with Crippen molar-refractivity contribution in [2.75, 3.05) is 56.3 Å². The highest BCUT2D eigenvalue weighted by Gasteiger charge is 2.20. The van der Waals surface area contributed by atoms with Crippen LogP contribution in [-0.2, 0) is 11.8 Å². The minimum absolute atomic E-state index is 0. The van der Waals surface area contributed by atoms with Gasteiger partial charge in [0.15, 0.2) is 0 Å². The molecule has 0 bridgehead atoms. The first-order chi connectivity index (χ1) is 15.7. The minimum Gasteiger partial charge on any atom is -1.00 e. The van der Waals surface area contributed by atoms with Crippen molar-refractivity contribution in [1.82, 2.24) is 0 Å². The zero-order valence-corrected chi connectivity index (χ0v) is 22.2. The van der Waals surface area contributed by atoms with E-state index in [1.54, 1.807) is 7.11 Å². The first-order valence-corrected chi connectivity index (χ1v) is 11.5. The zero-order valence-electron chi connectivity index (χ0n) is 20.1. The summed E-state index contributed by atoms with van der Waals surface area (Å²) in [4.78, 5) is 4.76. The number of rotatable bonds is 7. The highest BCUT2D eigenvalue weighted by Crippen LogP contribution is 2.29. The lowest BCUT2D eigenvalue weighted by molar-refractivity contribution is -0.646. The highest BCUT2D eigenvalue weighted by molar-refractivity contribution is 5.91. The van der Waals surface area contributed by atoms with E-state index in [-0.39, 0.29) is 24.0 Å². The van der Waals surface area contributed by atoms with Gasteiger partial charge in [0.1, 0.15) is 12.8 Å². The largest absolute Gasteiger partial charge is 1.00 e. The average Bonchev–Trinajstić information content (AvgIpc) is 2.85. The SMILES string of the molecule is CCN(CC)c1ccc(/C=C/c2cc(N3CCOCC3)c3ccccc3[n+]2C)c(OC)c1.[I-]. The van der Waals surface area contributed by atoms with Crippen LogP contribution in [0.15, 0.2) is 48.5 Å². The van der Waals surface area contributed by atoms with E-state index in [0.29, 0.717) is 0 Å². The summed E-state index contributed by atoms with van der Waals surface area (Å²) in [5, 5.41) is 1.27. The third kappa shape index (κ3) is 5.44. The number of nitrogens with zero attached hydrogens (tertiary/aromatic N) is 3. The van der Waals surface area contributed by atoms with Gasteiger partial charge in [-0.2, -0.15) is 4.57 Å². The van der Waals surface area contributed by atoms with Crippen LogP contribution in [0.5, 0.6) is 5.75 Å². The average molecular weight is 559 g/mol. The maximum Gasteiger partial charge on any atom is 0.214 e. The monoisotopic (exact) mass is 559 g/mol. The fraction of sp³-hybridized carbons (Fsp3) is 0.370. The third-order valence-electron chi connectivity index (χ3n) is 6.34. The fourth-order valence-corrected chi connectivity index (χ4v) is 4.46. The number of anilines is 2. The Balaban J connectivity index is 0.00000306. The van der Waals surface area contributed by atoms with E-state index < -0.39 is 0 Å². The Morgan fingerprint density at radius 3 is 2.45 bits per heavy atom. The Hall–Kier alpha value is -2.32. The van der Waals surface area contributed by atoms with Crippen molar-refractivity contribution in [3.8, 4) is 5.75 Å². The van der Waals surface area contributed by atoms with E-state index in [0.717, 1.165) is 56.4 Å². The second-order valence-corrected chi connectivity index (χ2v) is 8.06. The van der Waals surface area contributed by atoms with Gasteiger partial charge in [-0.3, -0.25) is 0 Å². The van der Waals surface area contributed by atoms with Gasteiger partial charge >= 0.3 is 0 Å². The van der Waals surface area contributed by atoms with Crippen molar-refractivity contribution >= 4 is 34.4 Å². The van der Waals surface area contributed by atoms with Crippen LogP contribution >= 0.6 is 0 Å². The molecule has 0 radical (unpaired) electrons. The van der Waals surface area contributed by atoms with E-state index in [2.05, 4.69) is 95.9 Å². The summed E-state index contributed by atoms with van der Waals surface area (Å²) in [6.45, 7) is 9.69. The van der Waals surface area contributed by atoms with Crippen LogP contribution in [-0.4, -0.2) is 46.5 Å². The first-order valence-electron chi connectivity index (χ1n) is 11.5. The van der Waals surface area contributed by atoms with Gasteiger partial charge in [0.25, 0.3) is 0 Å². The number of fused-ring (bicyclic) bond motifs is 1. The quantitative estimate of drug-likeness (QED) is 0.325. The molecule has 1 fully saturated rings. The molecule has 0 atom stereocenters. The van der Waals surface area contributed by atoms with Crippen LogP contribution in [0.2, 0.25) is 0 Å². The number of aryl methyl sites for hydroxylation is 1. The smallest absolute Gasteiger partial charge is 0.214 e. The normalized spacial score (nSPS) is 13.9. The molecule has 33 heavy (non-hydrogen) atoms. The first kappa shape index (κ1) is 25.3. The second-order valence-electron chi connectivity index (χ2n) is 8.06. The number of benzene rings is 2. The molecule has 1 aliphatic heterocycles. The van der Waals surface area contributed by atoms with Crippen molar-refractivity contribution in [3.63, 3.8) is 0 Å². The summed E-state index contributed by atoms with van der Waals surface area (Å²) < 4.78 is 13.6. The van der Waals surface area contributed by atoms with Gasteiger partial charge in [-0.25, -0.2) is 0 Å². The predicted molar refractivity (Wildman–Crippen MR) is 134 cm³/mol. The minimum atomic E-state index is 0. The van der Waals surface area contributed by atoms with Crippen molar-refractivity contribution in [1.29, 1.82) is 0 Å². The molecule has 0 unspecified atom stereocenters. The molecule has 176 valence electrons. The fourth-order valence-electron chi connectivity index (χ4n) is 4.46. The Morgan fingerprint density at radius 2 is 1.76 bits per heavy atom. The van der Waals surface area contributed by atoms with E-state index in [9.17, 15) is 0 Å². The number of halogens is 1. The van der Waals surface area contributed by atoms with E-state index in [1.807, 2.05) is 0 Å². The van der Waals surface area contributed by atoms with Crippen LogP contribution in [0.3, 0.4) is 0 Å². The van der Waals surface area contributed by atoms with E-state index >= 15 is 0 Å². The number of pyridine rings is 1. The highest BCUT2D eigenvalue weighted by atomic mass is 127. The molecule has 4 rings (SSSR count). The molecule has 1 saturated heterocycles. The molecule has 1 aromatic heterocycles. The van der Waals surface area contributed by atoms with Crippen molar-refractivity contribution in [3.05, 3.63) is 59.8 Å². The molecule has 0 amide bonds. The number of aromatic nitrogens is 1. The number of hydrogen-bond acceptors (Lipinski definition) is 4. The van der Waals surface area contributed by atoms with Gasteiger partial charge in [-0.1, -0.05) is 12.1 Å². The molecule has 0 saturated carbocycles. The Labute approximate surface area is 214 Å². The molecular weight excluding hydrogens is 525 g/mol. The second kappa shape index (κ2) is 11.7. The van der Waals surface area contributed by atoms with Gasteiger partial charge in [-0.15, -0.1) is 0 Å². The predicted octanol–water partition coefficient (Wildman–Crippen LogP) is 1.53. The van der Waals surface area contributed by atoms with Crippen LogP contribution < -0.4 is 43.1 Å². The summed E-state index contributed by atoms with van der Waals surface area (Å²) in [7, 11) is 3.87. The van der Waals surface area contributed by atoms with Crippen molar-refractivity contribution < 1.29 is 38.0 Å². The number of para-hydroxylation sites is 1. The van der Waals surface area contributed by atoms with Crippen molar-refractivity contribution in [2.45, 2.75) is 13.8 Å². The van der Waals surface area contributed by atoms with Gasteiger partial charge < -0.3 is 43.3 Å². The Kier molecular flexibility index (Phi) is 8.97. The maximum absolute atomic E-state index is 5.73. The third-order valence-corrected chi connectivity index (χ3v) is 6.34. The zero-order chi connectivity index (χ0) is 22.5. The van der Waals surface area contributed by atoms with Crippen LogP contribution in [0.25, 0.3) is 23.1 Å². The Bertz CT molecular complexity index is 1110. The summed E-state index contributed by atoms with van der Waals surface area (Å²) in [6.07, 6.45) is 4.34. The molecule has 2 heterocycles. The van der Waals surface area contributed by atoms with Gasteiger partial charge in [0.05, 0.1) is 31.4 Å². The summed E-state index contributed by atoms with van der Waals surface area (Å²) in [6, 6.07) is 17.4. The lowest BCUT2D eigenvalue weighted by Gasteiger charge is -2.29. The number of methoxy groups -OCH3 is 1. The van der Waals surface area contributed by atoms with Gasteiger partial charge in [-0.05, 0) is 38.1 Å². The number of hydrogen-bond donors (Lipinski definition) is 0. The number of morpholine rings is 1. The van der Waals surface area contributed by atoms with Crippen LogP contribution in [0.4, 0.5) is 11.4 Å². The van der Waals surface area contributed by atoms with Crippen LogP contribution in [0, 0.1) is 0 Å². The van der Waals surface area contributed by atoms with E-state index in [1.165, 1.54) is 22.3 Å². The van der Waals surface area contributed by atoms with Gasteiger partial charge in [0.2, 0.25) is 11.2 Å². The maximum atomic E-state index is 5.73.